The number of rotatable bonds is 9. The van der Waals surface area contributed by atoms with Crippen molar-refractivity contribution in [3.8, 4) is 11.1 Å². The first-order valence-electron chi connectivity index (χ1n) is 10.6. The summed E-state index contributed by atoms with van der Waals surface area (Å²) in [6.07, 6.45) is -4.90. The molecule has 3 rings (SSSR count). The number of carbonyl (C=O) groups is 3. The number of alkyl carbamates (subject to hydrolysis) is 1. The summed E-state index contributed by atoms with van der Waals surface area (Å²) in [5.41, 5.74) is 4.01. The van der Waals surface area contributed by atoms with Gasteiger partial charge in [0.1, 0.15) is 18.7 Å². The van der Waals surface area contributed by atoms with E-state index in [-0.39, 0.29) is 12.5 Å². The van der Waals surface area contributed by atoms with Gasteiger partial charge in [0.25, 0.3) is 6.43 Å². The summed E-state index contributed by atoms with van der Waals surface area (Å²) in [7, 11) is 0. The van der Waals surface area contributed by atoms with Gasteiger partial charge >= 0.3 is 12.1 Å². The lowest BCUT2D eigenvalue weighted by Crippen LogP contribution is -2.48. The number of carboxylic acids is 1. The lowest BCUT2D eigenvalue weighted by molar-refractivity contribution is -0.143. The lowest BCUT2D eigenvalue weighted by atomic mass is 9.98. The van der Waals surface area contributed by atoms with E-state index in [1.54, 1.807) is 13.8 Å². The number of amides is 2. The third-order valence-corrected chi connectivity index (χ3v) is 5.61. The van der Waals surface area contributed by atoms with Gasteiger partial charge in [-0.15, -0.1) is 0 Å². The van der Waals surface area contributed by atoms with Gasteiger partial charge in [0.05, 0.1) is 6.42 Å². The molecule has 2 unspecified atom stereocenters. The van der Waals surface area contributed by atoms with E-state index in [0.717, 1.165) is 22.3 Å². The molecule has 0 aromatic heterocycles. The van der Waals surface area contributed by atoms with Crippen LogP contribution in [0.3, 0.4) is 0 Å². The highest BCUT2D eigenvalue weighted by Crippen LogP contribution is 2.44. The van der Waals surface area contributed by atoms with Crippen LogP contribution in [0.15, 0.2) is 48.5 Å². The van der Waals surface area contributed by atoms with Crippen LogP contribution < -0.4 is 10.6 Å². The largest absolute Gasteiger partial charge is 0.480 e. The summed E-state index contributed by atoms with van der Waals surface area (Å²) >= 11 is 0. The Hall–Kier alpha value is -3.49. The van der Waals surface area contributed by atoms with Gasteiger partial charge < -0.3 is 20.5 Å². The molecule has 0 radical (unpaired) electrons. The van der Waals surface area contributed by atoms with Crippen molar-refractivity contribution < 1.29 is 33.0 Å². The zero-order valence-corrected chi connectivity index (χ0v) is 18.3. The molecule has 2 aromatic rings. The van der Waals surface area contributed by atoms with E-state index in [0.29, 0.717) is 0 Å². The monoisotopic (exact) mass is 460 g/mol. The number of aliphatic carboxylic acids is 1. The third kappa shape index (κ3) is 5.66. The predicted octanol–water partition coefficient (Wildman–Crippen LogP) is 3.77. The van der Waals surface area contributed by atoms with Crippen LogP contribution in [0.25, 0.3) is 11.1 Å². The molecule has 0 heterocycles. The first kappa shape index (κ1) is 24.2. The summed E-state index contributed by atoms with van der Waals surface area (Å²) in [5.74, 6) is -2.85. The molecule has 0 saturated heterocycles. The topological polar surface area (TPSA) is 105 Å². The molecule has 2 amide bonds. The van der Waals surface area contributed by atoms with Gasteiger partial charge in [-0.3, -0.25) is 4.79 Å². The summed E-state index contributed by atoms with van der Waals surface area (Å²) in [4.78, 5) is 35.6. The molecule has 176 valence electrons. The zero-order chi connectivity index (χ0) is 24.1. The van der Waals surface area contributed by atoms with Crippen LogP contribution in [0.2, 0.25) is 0 Å². The highest BCUT2D eigenvalue weighted by Gasteiger charge is 2.31. The van der Waals surface area contributed by atoms with Crippen LogP contribution in [-0.4, -0.2) is 48.2 Å². The Balaban J connectivity index is 1.61. The van der Waals surface area contributed by atoms with Crippen LogP contribution in [0.4, 0.5) is 13.6 Å². The summed E-state index contributed by atoms with van der Waals surface area (Å²) in [6.45, 7) is 3.10. The molecular formula is C24H26F2N2O5. The van der Waals surface area contributed by atoms with Gasteiger partial charge in [0, 0.05) is 5.92 Å². The second-order valence-corrected chi connectivity index (χ2v) is 8.24. The number of alkyl halides is 2. The second kappa shape index (κ2) is 10.4. The fraction of sp³-hybridized carbons (Fsp3) is 0.375. The number of fused-ring (bicyclic) bond motifs is 3. The van der Waals surface area contributed by atoms with E-state index in [1.165, 1.54) is 0 Å². The molecule has 33 heavy (non-hydrogen) atoms. The SMILES string of the molecule is CC(C)C(NC(=O)CC(NC(=O)OCC1c2ccccc2-c2ccccc21)C(F)F)C(=O)O. The number of ether oxygens (including phenoxy) is 1. The summed E-state index contributed by atoms with van der Waals surface area (Å²) in [5, 5.41) is 13.4. The number of carboxylic acid groups (broad SMARTS) is 1. The molecule has 0 aliphatic heterocycles. The Morgan fingerprint density at radius 3 is 2.00 bits per heavy atom. The predicted molar refractivity (Wildman–Crippen MR) is 117 cm³/mol. The Morgan fingerprint density at radius 1 is 0.970 bits per heavy atom. The molecule has 2 aromatic carbocycles. The fourth-order valence-corrected chi connectivity index (χ4v) is 3.94. The van der Waals surface area contributed by atoms with Crippen molar-refractivity contribution >= 4 is 18.0 Å². The van der Waals surface area contributed by atoms with Crippen molar-refractivity contribution in [2.45, 2.75) is 44.7 Å². The van der Waals surface area contributed by atoms with Crippen molar-refractivity contribution in [2.75, 3.05) is 6.61 Å². The van der Waals surface area contributed by atoms with Crippen LogP contribution in [-0.2, 0) is 14.3 Å². The first-order valence-corrected chi connectivity index (χ1v) is 10.6. The minimum atomic E-state index is -3.04. The molecule has 0 bridgehead atoms. The number of carbonyl (C=O) groups excluding carboxylic acids is 2. The van der Waals surface area contributed by atoms with Crippen LogP contribution in [0.1, 0.15) is 37.3 Å². The van der Waals surface area contributed by atoms with E-state index in [4.69, 9.17) is 9.84 Å². The van der Waals surface area contributed by atoms with E-state index in [2.05, 4.69) is 5.32 Å². The Morgan fingerprint density at radius 2 is 1.52 bits per heavy atom. The minimum absolute atomic E-state index is 0.0591. The van der Waals surface area contributed by atoms with Crippen LogP contribution >= 0.6 is 0 Å². The molecule has 0 fully saturated rings. The third-order valence-electron chi connectivity index (χ3n) is 5.61. The smallest absolute Gasteiger partial charge is 0.407 e. The van der Waals surface area contributed by atoms with Crippen molar-refractivity contribution in [3.63, 3.8) is 0 Å². The van der Waals surface area contributed by atoms with Crippen LogP contribution in [0.5, 0.6) is 0 Å². The maximum atomic E-state index is 13.4. The molecule has 1 aliphatic carbocycles. The van der Waals surface area contributed by atoms with Gasteiger partial charge in [0.15, 0.2) is 0 Å². The van der Waals surface area contributed by atoms with Crippen molar-refractivity contribution in [1.29, 1.82) is 0 Å². The van der Waals surface area contributed by atoms with E-state index >= 15 is 0 Å². The normalized spacial score (nSPS) is 14.4. The van der Waals surface area contributed by atoms with Gasteiger partial charge in [-0.05, 0) is 28.2 Å². The average Bonchev–Trinajstić information content (AvgIpc) is 3.09. The number of hydrogen-bond donors (Lipinski definition) is 3. The number of benzene rings is 2. The number of nitrogens with one attached hydrogen (secondary N) is 2. The van der Waals surface area contributed by atoms with Gasteiger partial charge in [-0.1, -0.05) is 62.4 Å². The Labute approximate surface area is 190 Å². The van der Waals surface area contributed by atoms with Crippen molar-refractivity contribution in [1.82, 2.24) is 10.6 Å². The molecular weight excluding hydrogens is 434 g/mol. The molecule has 0 saturated carbocycles. The van der Waals surface area contributed by atoms with E-state index in [1.807, 2.05) is 53.8 Å². The Kier molecular flexibility index (Phi) is 7.63. The van der Waals surface area contributed by atoms with Gasteiger partial charge in [-0.25, -0.2) is 18.4 Å². The minimum Gasteiger partial charge on any atom is -0.480 e. The fourth-order valence-electron chi connectivity index (χ4n) is 3.94. The number of halogens is 2. The molecule has 3 N–H and O–H groups in total. The van der Waals surface area contributed by atoms with Crippen LogP contribution in [0, 0.1) is 5.92 Å². The highest BCUT2D eigenvalue weighted by molar-refractivity contribution is 5.84. The van der Waals surface area contributed by atoms with Crippen molar-refractivity contribution in [3.05, 3.63) is 59.7 Å². The second-order valence-electron chi connectivity index (χ2n) is 8.24. The van der Waals surface area contributed by atoms with Crippen molar-refractivity contribution in [2.24, 2.45) is 5.92 Å². The average molecular weight is 460 g/mol. The Bertz CT molecular complexity index is 982. The van der Waals surface area contributed by atoms with Gasteiger partial charge in [0.2, 0.25) is 5.91 Å². The highest BCUT2D eigenvalue weighted by atomic mass is 19.3. The maximum absolute atomic E-state index is 13.4. The first-order chi connectivity index (χ1) is 15.7. The molecule has 0 spiro atoms. The molecule has 2 atom stereocenters. The summed E-state index contributed by atoms with van der Waals surface area (Å²) in [6, 6.07) is 12.4. The summed E-state index contributed by atoms with van der Waals surface area (Å²) < 4.78 is 32.1. The van der Waals surface area contributed by atoms with E-state index in [9.17, 15) is 23.2 Å². The number of hydrogen-bond acceptors (Lipinski definition) is 4. The lowest BCUT2D eigenvalue weighted by Gasteiger charge is -2.21. The molecule has 7 nitrogen and oxygen atoms in total. The quantitative estimate of drug-likeness (QED) is 0.528. The van der Waals surface area contributed by atoms with E-state index < -0.39 is 48.8 Å². The molecule has 9 heteroatoms. The standard InChI is InChI=1S/C24H26F2N2O5/c1-13(2)21(23(30)31)28-20(29)11-19(22(25)26)27-24(32)33-12-18-16-9-5-3-7-14(16)15-8-4-6-10-17(15)18/h3-10,13,18-19,21-22H,11-12H2,1-2H3,(H,27,32)(H,28,29)(H,30,31). The van der Waals surface area contributed by atoms with Gasteiger partial charge in [-0.2, -0.15) is 0 Å². The zero-order valence-electron chi connectivity index (χ0n) is 18.3. The molecule has 1 aliphatic rings. The maximum Gasteiger partial charge on any atom is 0.407 e.